The van der Waals surface area contributed by atoms with E-state index < -0.39 is 0 Å². The van der Waals surface area contributed by atoms with Crippen LogP contribution in [-0.2, 0) is 4.79 Å². The van der Waals surface area contributed by atoms with E-state index in [4.69, 9.17) is 4.74 Å². The van der Waals surface area contributed by atoms with Crippen molar-refractivity contribution in [1.29, 1.82) is 0 Å². The zero-order chi connectivity index (χ0) is 19.4. The average Bonchev–Trinajstić information content (AvgIpc) is 2.95. The van der Waals surface area contributed by atoms with Crippen LogP contribution in [0.1, 0.15) is 24.5 Å². The van der Waals surface area contributed by atoms with Gasteiger partial charge < -0.3 is 10.1 Å². The molecular formula is C20H18Br2N2O2S. The number of nitrogens with one attached hydrogen (secondary N) is 1. The molecule has 1 saturated heterocycles. The summed E-state index contributed by atoms with van der Waals surface area (Å²) in [6, 6.07) is 11.7. The minimum absolute atomic E-state index is 0.149. The predicted molar refractivity (Wildman–Crippen MR) is 120 cm³/mol. The SMILES string of the molecule is CCCOc1c(Br)cc(/C=C2\SC(=Nc3ccc(C)cc3)NC2=O)cc1Br. The van der Waals surface area contributed by atoms with E-state index in [0.717, 1.165) is 32.4 Å². The van der Waals surface area contributed by atoms with Gasteiger partial charge in [-0.3, -0.25) is 4.79 Å². The van der Waals surface area contributed by atoms with Gasteiger partial charge in [-0.15, -0.1) is 0 Å². The smallest absolute Gasteiger partial charge is 0.264 e. The molecule has 0 aromatic heterocycles. The van der Waals surface area contributed by atoms with Gasteiger partial charge in [-0.2, -0.15) is 0 Å². The second-order valence-electron chi connectivity index (χ2n) is 5.98. The highest BCUT2D eigenvalue weighted by atomic mass is 79.9. The van der Waals surface area contributed by atoms with Crippen LogP contribution in [0.25, 0.3) is 6.08 Å². The summed E-state index contributed by atoms with van der Waals surface area (Å²) in [4.78, 5) is 17.4. The van der Waals surface area contributed by atoms with Crippen LogP contribution in [0.2, 0.25) is 0 Å². The van der Waals surface area contributed by atoms with Crippen LogP contribution in [0.3, 0.4) is 0 Å². The lowest BCUT2D eigenvalue weighted by Gasteiger charge is -2.10. The number of benzene rings is 2. The maximum absolute atomic E-state index is 12.3. The number of halogens is 2. The van der Waals surface area contributed by atoms with E-state index in [-0.39, 0.29) is 5.91 Å². The number of rotatable bonds is 5. The van der Waals surface area contributed by atoms with Crippen molar-refractivity contribution in [1.82, 2.24) is 5.32 Å². The molecule has 7 heteroatoms. The van der Waals surface area contributed by atoms with E-state index in [1.807, 2.05) is 49.4 Å². The third-order valence-electron chi connectivity index (χ3n) is 3.68. The topological polar surface area (TPSA) is 50.7 Å². The van der Waals surface area contributed by atoms with Gasteiger partial charge in [0.2, 0.25) is 0 Å². The van der Waals surface area contributed by atoms with Crippen molar-refractivity contribution in [3.63, 3.8) is 0 Å². The number of ether oxygens (including phenoxy) is 1. The standard InChI is InChI=1S/C20H18Br2N2O2S/c1-3-8-26-18-15(21)9-13(10-16(18)22)11-17-19(25)24-20(27-17)23-14-6-4-12(2)5-7-14/h4-7,9-11H,3,8H2,1-2H3,(H,23,24,25)/b17-11-. The number of amidine groups is 1. The van der Waals surface area contributed by atoms with Crippen LogP contribution in [0, 0.1) is 6.92 Å². The van der Waals surface area contributed by atoms with Crippen molar-refractivity contribution in [3.05, 3.63) is 61.4 Å². The summed E-state index contributed by atoms with van der Waals surface area (Å²) in [6.45, 7) is 4.74. The number of carbonyl (C=O) groups excluding carboxylic acids is 1. The molecule has 0 saturated carbocycles. The number of hydrogen-bond acceptors (Lipinski definition) is 4. The zero-order valence-electron chi connectivity index (χ0n) is 14.9. The molecule has 1 N–H and O–H groups in total. The van der Waals surface area contributed by atoms with Crippen LogP contribution < -0.4 is 10.1 Å². The van der Waals surface area contributed by atoms with E-state index in [1.54, 1.807) is 0 Å². The Balaban J connectivity index is 1.81. The molecule has 3 rings (SSSR count). The van der Waals surface area contributed by atoms with Gasteiger partial charge in [-0.05, 0) is 92.9 Å². The van der Waals surface area contributed by atoms with Crippen LogP contribution >= 0.6 is 43.6 Å². The van der Waals surface area contributed by atoms with E-state index >= 15 is 0 Å². The lowest BCUT2D eigenvalue weighted by Crippen LogP contribution is -2.19. The quantitative estimate of drug-likeness (QED) is 0.488. The Labute approximate surface area is 179 Å². The van der Waals surface area contributed by atoms with Crippen LogP contribution in [0.15, 0.2) is 55.2 Å². The molecule has 0 spiro atoms. The summed E-state index contributed by atoms with van der Waals surface area (Å²) < 4.78 is 7.42. The summed E-state index contributed by atoms with van der Waals surface area (Å²) in [5.74, 6) is 0.619. The number of amides is 1. The summed E-state index contributed by atoms with van der Waals surface area (Å²) in [5, 5.41) is 3.39. The number of aryl methyl sites for hydroxylation is 1. The minimum atomic E-state index is -0.149. The summed E-state index contributed by atoms with van der Waals surface area (Å²) >= 11 is 8.41. The highest BCUT2D eigenvalue weighted by Gasteiger charge is 2.24. The number of aliphatic imine (C=N–C) groups is 1. The molecule has 140 valence electrons. The predicted octanol–water partition coefficient (Wildman–Crippen LogP) is 6.20. The van der Waals surface area contributed by atoms with Crippen LogP contribution in [0.5, 0.6) is 5.75 Å². The Morgan fingerprint density at radius 3 is 2.48 bits per heavy atom. The Morgan fingerprint density at radius 1 is 1.19 bits per heavy atom. The number of nitrogens with zero attached hydrogens (tertiary/aromatic N) is 1. The summed E-state index contributed by atoms with van der Waals surface area (Å²) in [7, 11) is 0. The molecule has 1 aliphatic rings. The second-order valence-corrected chi connectivity index (χ2v) is 8.72. The number of carbonyl (C=O) groups is 1. The van der Waals surface area contributed by atoms with Crippen molar-refractivity contribution in [2.75, 3.05) is 6.61 Å². The third-order valence-corrected chi connectivity index (χ3v) is 5.77. The zero-order valence-corrected chi connectivity index (χ0v) is 18.9. The first-order valence-corrected chi connectivity index (χ1v) is 10.8. The molecular weight excluding hydrogens is 492 g/mol. The van der Waals surface area contributed by atoms with Crippen LogP contribution in [-0.4, -0.2) is 17.7 Å². The largest absolute Gasteiger partial charge is 0.491 e. The normalized spacial score (nSPS) is 16.8. The molecule has 0 radical (unpaired) electrons. The van der Waals surface area contributed by atoms with Gasteiger partial charge in [0.05, 0.1) is 26.1 Å². The van der Waals surface area contributed by atoms with Crippen molar-refractivity contribution >= 4 is 66.5 Å². The highest BCUT2D eigenvalue weighted by Crippen LogP contribution is 2.36. The first-order valence-electron chi connectivity index (χ1n) is 8.44. The first-order chi connectivity index (χ1) is 13.0. The number of hydrogen-bond donors (Lipinski definition) is 1. The molecule has 1 fully saturated rings. The Hall–Kier alpha value is -1.57. The van der Waals surface area contributed by atoms with Gasteiger partial charge in [0.25, 0.3) is 5.91 Å². The molecule has 1 aliphatic heterocycles. The Morgan fingerprint density at radius 2 is 1.85 bits per heavy atom. The molecule has 0 unspecified atom stereocenters. The molecule has 27 heavy (non-hydrogen) atoms. The van der Waals surface area contributed by atoms with E-state index in [1.165, 1.54) is 17.3 Å². The van der Waals surface area contributed by atoms with Gasteiger partial charge in [-0.1, -0.05) is 24.6 Å². The Bertz CT molecular complexity index is 901. The highest BCUT2D eigenvalue weighted by molar-refractivity contribution is 9.11. The molecule has 4 nitrogen and oxygen atoms in total. The molecule has 0 bridgehead atoms. The fraction of sp³-hybridized carbons (Fsp3) is 0.200. The maximum atomic E-state index is 12.3. The van der Waals surface area contributed by atoms with E-state index in [2.05, 4.69) is 49.1 Å². The van der Waals surface area contributed by atoms with Gasteiger partial charge in [-0.25, -0.2) is 4.99 Å². The second kappa shape index (κ2) is 9.08. The monoisotopic (exact) mass is 508 g/mol. The minimum Gasteiger partial charge on any atom is -0.491 e. The van der Waals surface area contributed by atoms with Crippen molar-refractivity contribution in [3.8, 4) is 5.75 Å². The molecule has 0 aliphatic carbocycles. The molecule has 2 aromatic carbocycles. The fourth-order valence-corrected chi connectivity index (χ4v) is 4.67. The van der Waals surface area contributed by atoms with Gasteiger partial charge in [0.15, 0.2) is 5.17 Å². The van der Waals surface area contributed by atoms with Crippen molar-refractivity contribution in [2.24, 2.45) is 4.99 Å². The maximum Gasteiger partial charge on any atom is 0.264 e. The van der Waals surface area contributed by atoms with Gasteiger partial charge in [0, 0.05) is 0 Å². The van der Waals surface area contributed by atoms with Crippen molar-refractivity contribution in [2.45, 2.75) is 20.3 Å². The van der Waals surface area contributed by atoms with E-state index in [9.17, 15) is 4.79 Å². The number of thioether (sulfide) groups is 1. The van der Waals surface area contributed by atoms with Gasteiger partial charge in [0.1, 0.15) is 5.75 Å². The van der Waals surface area contributed by atoms with Crippen molar-refractivity contribution < 1.29 is 9.53 Å². The average molecular weight is 510 g/mol. The summed E-state index contributed by atoms with van der Waals surface area (Å²) in [5.41, 5.74) is 2.88. The summed E-state index contributed by atoms with van der Waals surface area (Å²) in [6.07, 6.45) is 2.78. The third kappa shape index (κ3) is 5.24. The lowest BCUT2D eigenvalue weighted by atomic mass is 10.2. The lowest BCUT2D eigenvalue weighted by molar-refractivity contribution is -0.115. The molecule has 0 atom stereocenters. The Kier molecular flexibility index (Phi) is 6.78. The fourth-order valence-electron chi connectivity index (χ4n) is 2.37. The van der Waals surface area contributed by atoms with E-state index in [0.29, 0.717) is 16.7 Å². The molecule has 1 heterocycles. The van der Waals surface area contributed by atoms with Crippen LogP contribution in [0.4, 0.5) is 5.69 Å². The van der Waals surface area contributed by atoms with Gasteiger partial charge >= 0.3 is 0 Å². The molecule has 2 aromatic rings. The molecule has 1 amide bonds. The first kappa shape index (κ1) is 20.2.